The lowest BCUT2D eigenvalue weighted by atomic mass is 10.0. The molecule has 196 valence electrons. The molecule has 5 aromatic carbocycles. The Balaban J connectivity index is 1.24. The van der Waals surface area contributed by atoms with Crippen molar-refractivity contribution in [1.82, 2.24) is 15.0 Å². The number of furan rings is 1. The van der Waals surface area contributed by atoms with Crippen LogP contribution < -0.4 is 0 Å². The molecular weight excluding hydrogens is 534 g/mol. The minimum atomic E-state index is 0.664. The maximum atomic E-state index is 6.30. The molecule has 0 aliphatic heterocycles. The molecule has 4 nitrogen and oxygen atoms in total. The maximum Gasteiger partial charge on any atom is 0.228 e. The van der Waals surface area contributed by atoms with E-state index in [1.165, 1.54) is 15.5 Å². The lowest BCUT2D eigenvalue weighted by molar-refractivity contribution is 0.655. The van der Waals surface area contributed by atoms with E-state index in [4.69, 9.17) is 19.4 Å². The molecule has 0 fully saturated rings. The summed E-state index contributed by atoms with van der Waals surface area (Å²) in [6, 6.07) is 43.7. The number of para-hydroxylation sites is 2. The molecule has 4 aromatic heterocycles. The summed E-state index contributed by atoms with van der Waals surface area (Å²) >= 11 is 1.78. The van der Waals surface area contributed by atoms with Crippen molar-refractivity contribution in [2.75, 3.05) is 0 Å². The highest BCUT2D eigenvalue weighted by Crippen LogP contribution is 2.45. The summed E-state index contributed by atoms with van der Waals surface area (Å²) in [5, 5.41) is 5.65. The summed E-state index contributed by atoms with van der Waals surface area (Å²) in [7, 11) is 0. The number of aromatic nitrogens is 3. The first-order chi connectivity index (χ1) is 20.8. The third kappa shape index (κ3) is 3.51. The minimum Gasteiger partial charge on any atom is -0.438 e. The molecule has 0 saturated carbocycles. The van der Waals surface area contributed by atoms with Crippen LogP contribution in [0, 0.1) is 0 Å². The van der Waals surface area contributed by atoms with Crippen LogP contribution in [0.5, 0.6) is 0 Å². The molecule has 0 amide bonds. The molecule has 0 N–H and O–H groups in total. The van der Waals surface area contributed by atoms with Gasteiger partial charge in [-0.3, -0.25) is 0 Å². The van der Waals surface area contributed by atoms with Crippen molar-refractivity contribution in [3.63, 3.8) is 0 Å². The minimum absolute atomic E-state index is 0.664. The molecule has 0 saturated heterocycles. The monoisotopic (exact) mass is 555 g/mol. The summed E-state index contributed by atoms with van der Waals surface area (Å²) in [4.78, 5) is 15.1. The molecule has 0 bridgehead atoms. The van der Waals surface area contributed by atoms with Gasteiger partial charge in [-0.15, -0.1) is 11.3 Å². The lowest BCUT2D eigenvalue weighted by Gasteiger charge is -2.10. The van der Waals surface area contributed by atoms with Crippen molar-refractivity contribution >= 4 is 64.5 Å². The normalized spacial score (nSPS) is 11.8. The first kappa shape index (κ1) is 23.3. The molecule has 4 heterocycles. The van der Waals surface area contributed by atoms with Gasteiger partial charge >= 0.3 is 0 Å². The Morgan fingerprint density at radius 3 is 2.00 bits per heavy atom. The zero-order valence-corrected chi connectivity index (χ0v) is 23.1. The third-order valence-electron chi connectivity index (χ3n) is 7.92. The standard InChI is InChI=1S/C37H21N3OS/c1-2-10-22(11-3-1)33-25-12-4-7-15-28(25)38-36(39-33)24-20-18-23(19-21-24)34-35-31(27-14-6-9-17-30(27)42-35)32-26-13-5-8-16-29(26)41-37(32)40-34/h1-21H. The van der Waals surface area contributed by atoms with Crippen LogP contribution in [0.3, 0.4) is 0 Å². The SMILES string of the molecule is c1ccc(-c2nc(-c3ccc(-c4nc5oc6ccccc6c5c5c4sc4ccccc45)cc3)nc3ccccc23)cc1. The first-order valence-corrected chi connectivity index (χ1v) is 14.7. The summed E-state index contributed by atoms with van der Waals surface area (Å²) in [5.41, 5.74) is 7.36. The van der Waals surface area contributed by atoms with E-state index in [-0.39, 0.29) is 0 Å². The first-order valence-electron chi connectivity index (χ1n) is 13.9. The zero-order valence-electron chi connectivity index (χ0n) is 22.3. The third-order valence-corrected chi connectivity index (χ3v) is 9.10. The highest BCUT2D eigenvalue weighted by atomic mass is 32.1. The molecule has 9 aromatic rings. The quantitative estimate of drug-likeness (QED) is 0.218. The highest BCUT2D eigenvalue weighted by Gasteiger charge is 2.20. The molecule has 0 aliphatic carbocycles. The van der Waals surface area contributed by atoms with Crippen LogP contribution in [0.25, 0.3) is 87.0 Å². The van der Waals surface area contributed by atoms with Gasteiger partial charge in [0.1, 0.15) is 5.58 Å². The van der Waals surface area contributed by atoms with E-state index in [1.807, 2.05) is 48.5 Å². The molecule has 9 rings (SSSR count). The van der Waals surface area contributed by atoms with E-state index in [2.05, 4.69) is 78.9 Å². The van der Waals surface area contributed by atoms with Gasteiger partial charge in [-0.1, -0.05) is 109 Å². The van der Waals surface area contributed by atoms with Crippen LogP contribution in [0.1, 0.15) is 0 Å². The molecular formula is C37H21N3OS. The van der Waals surface area contributed by atoms with Crippen LogP contribution in [0.15, 0.2) is 132 Å². The second kappa shape index (κ2) is 9.06. The van der Waals surface area contributed by atoms with Crippen molar-refractivity contribution in [2.24, 2.45) is 0 Å². The van der Waals surface area contributed by atoms with Gasteiger partial charge in [-0.05, 0) is 18.2 Å². The Labute approximate surface area is 244 Å². The average molecular weight is 556 g/mol. The summed E-state index contributed by atoms with van der Waals surface area (Å²) in [6.07, 6.45) is 0. The van der Waals surface area contributed by atoms with E-state index < -0.39 is 0 Å². The largest absolute Gasteiger partial charge is 0.438 e. The fourth-order valence-electron chi connectivity index (χ4n) is 5.96. The van der Waals surface area contributed by atoms with E-state index >= 15 is 0 Å². The van der Waals surface area contributed by atoms with E-state index in [1.54, 1.807) is 11.3 Å². The van der Waals surface area contributed by atoms with Crippen molar-refractivity contribution in [3.8, 4) is 33.9 Å². The fourth-order valence-corrected chi connectivity index (χ4v) is 7.18. The smallest absolute Gasteiger partial charge is 0.228 e. The van der Waals surface area contributed by atoms with Crippen LogP contribution >= 0.6 is 11.3 Å². The molecule has 0 radical (unpaired) electrons. The van der Waals surface area contributed by atoms with Gasteiger partial charge in [0.2, 0.25) is 5.71 Å². The fraction of sp³-hybridized carbons (Fsp3) is 0. The van der Waals surface area contributed by atoms with Crippen molar-refractivity contribution in [2.45, 2.75) is 0 Å². The molecule has 0 unspecified atom stereocenters. The Kier molecular flexibility index (Phi) is 5.03. The van der Waals surface area contributed by atoms with Gasteiger partial charge in [0.25, 0.3) is 0 Å². The average Bonchev–Trinajstić information content (AvgIpc) is 3.62. The van der Waals surface area contributed by atoms with E-state index in [0.717, 1.165) is 60.0 Å². The molecule has 0 spiro atoms. The van der Waals surface area contributed by atoms with Crippen molar-refractivity contribution in [1.29, 1.82) is 0 Å². The van der Waals surface area contributed by atoms with Crippen LogP contribution in [-0.2, 0) is 0 Å². The van der Waals surface area contributed by atoms with Crippen LogP contribution in [0.2, 0.25) is 0 Å². The number of rotatable bonds is 3. The second-order valence-electron chi connectivity index (χ2n) is 10.4. The molecule has 5 heteroatoms. The maximum absolute atomic E-state index is 6.30. The number of fused-ring (bicyclic) bond motifs is 8. The second-order valence-corrected chi connectivity index (χ2v) is 11.4. The zero-order chi connectivity index (χ0) is 27.6. The topological polar surface area (TPSA) is 51.8 Å². The number of hydrogen-bond acceptors (Lipinski definition) is 5. The Hall–Kier alpha value is -5.39. The van der Waals surface area contributed by atoms with Gasteiger partial charge < -0.3 is 4.42 Å². The lowest BCUT2D eigenvalue weighted by Crippen LogP contribution is -1.95. The predicted octanol–water partition coefficient (Wildman–Crippen LogP) is 10.3. The van der Waals surface area contributed by atoms with Gasteiger partial charge in [0.05, 0.1) is 27.0 Å². The summed E-state index contributed by atoms with van der Waals surface area (Å²) in [5.74, 6) is 0.701. The van der Waals surface area contributed by atoms with Gasteiger partial charge in [-0.2, -0.15) is 0 Å². The molecule has 0 atom stereocenters. The van der Waals surface area contributed by atoms with Crippen LogP contribution in [0.4, 0.5) is 0 Å². The van der Waals surface area contributed by atoms with Crippen LogP contribution in [-0.4, -0.2) is 15.0 Å². The summed E-state index contributed by atoms with van der Waals surface area (Å²) in [6.45, 7) is 0. The van der Waals surface area contributed by atoms with Gasteiger partial charge in [0, 0.05) is 42.9 Å². The molecule has 42 heavy (non-hydrogen) atoms. The Morgan fingerprint density at radius 1 is 0.476 bits per heavy atom. The summed E-state index contributed by atoms with van der Waals surface area (Å²) < 4.78 is 8.71. The number of pyridine rings is 1. The predicted molar refractivity (Wildman–Crippen MR) is 174 cm³/mol. The van der Waals surface area contributed by atoms with Crippen molar-refractivity contribution < 1.29 is 4.42 Å². The van der Waals surface area contributed by atoms with Gasteiger partial charge in [0.15, 0.2) is 5.82 Å². The van der Waals surface area contributed by atoms with Crippen molar-refractivity contribution in [3.05, 3.63) is 127 Å². The van der Waals surface area contributed by atoms with Gasteiger partial charge in [-0.25, -0.2) is 15.0 Å². The number of thiophene rings is 1. The number of nitrogens with zero attached hydrogens (tertiary/aromatic N) is 3. The molecule has 0 aliphatic rings. The Morgan fingerprint density at radius 2 is 1.14 bits per heavy atom. The van der Waals surface area contributed by atoms with E-state index in [0.29, 0.717) is 11.5 Å². The Bertz CT molecular complexity index is 2460. The highest BCUT2D eigenvalue weighted by molar-refractivity contribution is 7.26. The number of hydrogen-bond donors (Lipinski definition) is 0. The van der Waals surface area contributed by atoms with E-state index in [9.17, 15) is 0 Å². The number of benzene rings is 5.